The van der Waals surface area contributed by atoms with Crippen molar-refractivity contribution in [2.75, 3.05) is 12.3 Å². The van der Waals surface area contributed by atoms with Crippen molar-refractivity contribution in [2.24, 2.45) is 5.73 Å². The molecule has 0 fully saturated rings. The van der Waals surface area contributed by atoms with Crippen LogP contribution in [0.1, 0.15) is 21.6 Å². The predicted octanol–water partition coefficient (Wildman–Crippen LogP) is 2.67. The number of nitrogens with zero attached hydrogens (tertiary/aromatic N) is 2. The summed E-state index contributed by atoms with van der Waals surface area (Å²) in [4.78, 5) is 42.5. The van der Waals surface area contributed by atoms with E-state index in [0.717, 1.165) is 12.3 Å². The zero-order valence-electron chi connectivity index (χ0n) is 18.1. The SMILES string of the molecule is Cc1ccc(C(OC(=O)C(F)(F)F)(C(N)=O)C(F)(F)F)cc1-c1cnc(N)c(C(=O)NCC(F)(F)F)n1. The Balaban J connectivity index is 2.70. The predicted molar refractivity (Wildman–Crippen MR) is 104 cm³/mol. The van der Waals surface area contributed by atoms with Crippen molar-refractivity contribution >= 4 is 23.6 Å². The van der Waals surface area contributed by atoms with Gasteiger partial charge >= 0.3 is 30.1 Å². The summed E-state index contributed by atoms with van der Waals surface area (Å²) in [7, 11) is 0. The Morgan fingerprint density at radius 3 is 2.11 bits per heavy atom. The number of hydrogen-bond donors (Lipinski definition) is 3. The van der Waals surface area contributed by atoms with E-state index in [1.54, 1.807) is 0 Å². The Hall–Kier alpha value is -4.12. The van der Waals surface area contributed by atoms with Crippen LogP contribution < -0.4 is 16.8 Å². The van der Waals surface area contributed by atoms with Crippen molar-refractivity contribution in [2.45, 2.75) is 31.1 Å². The Labute approximate surface area is 200 Å². The lowest BCUT2D eigenvalue weighted by Crippen LogP contribution is -2.57. The van der Waals surface area contributed by atoms with Gasteiger partial charge in [0.25, 0.3) is 11.8 Å². The van der Waals surface area contributed by atoms with E-state index in [1.165, 1.54) is 12.2 Å². The van der Waals surface area contributed by atoms with Gasteiger partial charge in [0.1, 0.15) is 6.54 Å². The first kappa shape index (κ1) is 29.1. The molecule has 2 amide bonds. The van der Waals surface area contributed by atoms with Gasteiger partial charge in [-0.1, -0.05) is 12.1 Å². The van der Waals surface area contributed by atoms with Gasteiger partial charge in [-0.05, 0) is 18.6 Å². The number of aromatic nitrogens is 2. The van der Waals surface area contributed by atoms with Crippen molar-refractivity contribution < 1.29 is 58.6 Å². The number of alkyl halides is 9. The summed E-state index contributed by atoms with van der Waals surface area (Å²) in [5, 5.41) is 1.46. The second kappa shape index (κ2) is 9.74. The molecular formula is C19H14F9N5O4. The standard InChI is InChI=1S/C19H14F9N5O4/c1-7-2-3-8(17(14(30)35,19(26,27)28)37-15(36)18(23,24)25)4-9(7)10-5-31-12(29)11(33-10)13(34)32-6-16(20,21)22/h2-5H,6H2,1H3,(H2,29,31)(H2,30,35)(H,32,34). The fraction of sp³-hybridized carbons (Fsp3) is 0.316. The second-order valence-corrected chi connectivity index (χ2v) is 7.25. The summed E-state index contributed by atoms with van der Waals surface area (Å²) < 4.78 is 121. The molecule has 2 rings (SSSR count). The number of carbonyl (C=O) groups excluding carboxylic acids is 3. The minimum Gasteiger partial charge on any atom is -0.427 e. The molecule has 0 radical (unpaired) electrons. The largest absolute Gasteiger partial charge is 0.490 e. The van der Waals surface area contributed by atoms with Crippen LogP contribution in [-0.4, -0.2) is 52.8 Å². The Bertz CT molecular complexity index is 1230. The first-order chi connectivity index (χ1) is 16.7. The third-order valence-electron chi connectivity index (χ3n) is 4.61. The second-order valence-electron chi connectivity index (χ2n) is 7.25. The lowest BCUT2D eigenvalue weighted by molar-refractivity contribution is -0.280. The molecule has 0 spiro atoms. The first-order valence-electron chi connectivity index (χ1n) is 9.46. The van der Waals surface area contributed by atoms with Crippen LogP contribution in [0.3, 0.4) is 0 Å². The average molecular weight is 547 g/mol. The number of nitrogens with two attached hydrogens (primary N) is 2. The number of benzene rings is 1. The van der Waals surface area contributed by atoms with Crippen LogP contribution in [0.2, 0.25) is 0 Å². The third-order valence-corrected chi connectivity index (χ3v) is 4.61. The summed E-state index contributed by atoms with van der Waals surface area (Å²) in [6, 6.07) is 1.80. The maximum absolute atomic E-state index is 14.0. The fourth-order valence-corrected chi connectivity index (χ4v) is 2.89. The molecule has 9 nitrogen and oxygen atoms in total. The molecule has 37 heavy (non-hydrogen) atoms. The van der Waals surface area contributed by atoms with Gasteiger partial charge in [0.2, 0.25) is 0 Å². The Kier molecular flexibility index (Phi) is 7.66. The number of esters is 1. The van der Waals surface area contributed by atoms with Gasteiger partial charge in [0.05, 0.1) is 11.9 Å². The van der Waals surface area contributed by atoms with Gasteiger partial charge in [0.15, 0.2) is 11.5 Å². The molecule has 1 unspecified atom stereocenters. The molecular weight excluding hydrogens is 533 g/mol. The van der Waals surface area contributed by atoms with Crippen LogP contribution in [0.5, 0.6) is 0 Å². The molecule has 0 saturated carbocycles. The zero-order valence-corrected chi connectivity index (χ0v) is 18.1. The van der Waals surface area contributed by atoms with E-state index in [0.29, 0.717) is 12.1 Å². The van der Waals surface area contributed by atoms with Crippen molar-refractivity contribution in [3.8, 4) is 11.3 Å². The van der Waals surface area contributed by atoms with Crippen LogP contribution in [0.4, 0.5) is 45.3 Å². The quantitative estimate of drug-likeness (QED) is 0.372. The normalized spacial score (nSPS) is 14.0. The van der Waals surface area contributed by atoms with Gasteiger partial charge in [-0.15, -0.1) is 0 Å². The first-order valence-corrected chi connectivity index (χ1v) is 9.46. The van der Waals surface area contributed by atoms with Gasteiger partial charge in [-0.25, -0.2) is 14.8 Å². The molecule has 18 heteroatoms. The molecule has 0 aliphatic rings. The molecule has 0 bridgehead atoms. The highest BCUT2D eigenvalue weighted by atomic mass is 19.4. The number of rotatable bonds is 6. The lowest BCUT2D eigenvalue weighted by atomic mass is 9.88. The summed E-state index contributed by atoms with van der Waals surface area (Å²) in [6.07, 6.45) is -16.0. The topological polar surface area (TPSA) is 150 Å². The number of ether oxygens (including phenoxy) is 1. The Morgan fingerprint density at radius 1 is 1.03 bits per heavy atom. The average Bonchev–Trinajstić information content (AvgIpc) is 2.74. The number of aryl methyl sites for hydroxylation is 1. The van der Waals surface area contributed by atoms with E-state index in [9.17, 15) is 53.9 Å². The molecule has 202 valence electrons. The molecule has 0 aliphatic heterocycles. The molecule has 2 aromatic rings. The van der Waals surface area contributed by atoms with Crippen molar-refractivity contribution in [3.63, 3.8) is 0 Å². The van der Waals surface area contributed by atoms with Crippen LogP contribution in [0.25, 0.3) is 11.3 Å². The van der Waals surface area contributed by atoms with Crippen molar-refractivity contribution in [1.29, 1.82) is 0 Å². The van der Waals surface area contributed by atoms with Crippen LogP contribution in [0.15, 0.2) is 24.4 Å². The van der Waals surface area contributed by atoms with Gasteiger partial charge in [-0.3, -0.25) is 9.59 Å². The van der Waals surface area contributed by atoms with E-state index >= 15 is 0 Å². The summed E-state index contributed by atoms with van der Waals surface area (Å²) in [5.74, 6) is -8.03. The number of amides is 2. The van der Waals surface area contributed by atoms with Crippen LogP contribution in [0, 0.1) is 6.92 Å². The third kappa shape index (κ3) is 6.18. The highest BCUT2D eigenvalue weighted by Crippen LogP contribution is 2.44. The number of anilines is 1. The number of halogens is 9. The van der Waals surface area contributed by atoms with Gasteiger partial charge < -0.3 is 21.5 Å². The van der Waals surface area contributed by atoms with E-state index in [1.807, 2.05) is 0 Å². The molecule has 1 aromatic carbocycles. The minimum atomic E-state index is -6.00. The molecule has 1 aromatic heterocycles. The summed E-state index contributed by atoms with van der Waals surface area (Å²) in [6.45, 7) is -0.537. The van der Waals surface area contributed by atoms with Crippen LogP contribution in [-0.2, 0) is 19.9 Å². The molecule has 5 N–H and O–H groups in total. The van der Waals surface area contributed by atoms with Crippen molar-refractivity contribution in [1.82, 2.24) is 15.3 Å². The Morgan fingerprint density at radius 2 is 1.62 bits per heavy atom. The smallest absolute Gasteiger partial charge is 0.427 e. The van der Waals surface area contributed by atoms with Crippen LogP contribution >= 0.6 is 0 Å². The molecule has 0 aliphatic carbocycles. The maximum Gasteiger partial charge on any atom is 0.490 e. The van der Waals surface area contributed by atoms with E-state index < -0.39 is 76.8 Å². The summed E-state index contributed by atoms with van der Waals surface area (Å²) >= 11 is 0. The molecule has 1 heterocycles. The lowest BCUT2D eigenvalue weighted by Gasteiger charge is -2.33. The highest BCUT2D eigenvalue weighted by molar-refractivity contribution is 5.97. The molecule has 0 saturated heterocycles. The number of nitrogen functional groups attached to an aromatic ring is 1. The van der Waals surface area contributed by atoms with E-state index in [4.69, 9.17) is 11.5 Å². The van der Waals surface area contributed by atoms with Crippen molar-refractivity contribution in [3.05, 3.63) is 41.2 Å². The zero-order chi connectivity index (χ0) is 28.6. The number of nitrogens with one attached hydrogen (secondary N) is 1. The minimum absolute atomic E-state index is 0.0344. The maximum atomic E-state index is 14.0. The number of hydrogen-bond acceptors (Lipinski definition) is 7. The molecule has 1 atom stereocenters. The fourth-order valence-electron chi connectivity index (χ4n) is 2.89. The number of carbonyl (C=O) groups is 3. The number of primary amides is 1. The summed E-state index contributed by atoms with van der Waals surface area (Å²) in [5.41, 5.74) is 2.48. The van der Waals surface area contributed by atoms with E-state index in [-0.39, 0.29) is 5.56 Å². The monoisotopic (exact) mass is 547 g/mol. The van der Waals surface area contributed by atoms with E-state index in [2.05, 4.69) is 14.7 Å². The van der Waals surface area contributed by atoms with Gasteiger partial charge in [0, 0.05) is 11.1 Å². The van der Waals surface area contributed by atoms with Gasteiger partial charge in [-0.2, -0.15) is 39.5 Å². The highest BCUT2D eigenvalue weighted by Gasteiger charge is 2.66.